The maximum Gasteiger partial charge on any atom is 0.124 e. The predicted octanol–water partition coefficient (Wildman–Crippen LogP) is 5.17. The van der Waals surface area contributed by atoms with Crippen LogP contribution in [-0.4, -0.2) is 16.5 Å². The van der Waals surface area contributed by atoms with Gasteiger partial charge in [-0.05, 0) is 48.0 Å². The first kappa shape index (κ1) is 17.2. The largest absolute Gasteiger partial charge is 0.497 e. The molecule has 3 aromatic heterocycles. The van der Waals surface area contributed by atoms with Crippen LogP contribution in [-0.2, 0) is 5.75 Å². The summed E-state index contributed by atoms with van der Waals surface area (Å²) in [5, 5.41) is 9.32. The molecule has 5 heteroatoms. The van der Waals surface area contributed by atoms with Crippen LogP contribution in [0.4, 0.5) is 0 Å². The molecular formula is C22H17N3OS. The molecule has 27 heavy (non-hydrogen) atoms. The third-order valence-electron chi connectivity index (χ3n) is 4.43. The highest BCUT2D eigenvalue weighted by molar-refractivity contribution is 7.98. The van der Waals surface area contributed by atoms with Crippen LogP contribution < -0.4 is 4.74 Å². The summed E-state index contributed by atoms with van der Waals surface area (Å²) in [6, 6.07) is 20.3. The number of ether oxygens (including phenoxy) is 1. The van der Waals surface area contributed by atoms with Gasteiger partial charge in [0.25, 0.3) is 0 Å². The molecule has 0 aliphatic rings. The Morgan fingerprint density at radius 2 is 1.93 bits per heavy atom. The minimum Gasteiger partial charge on any atom is -0.497 e. The zero-order valence-corrected chi connectivity index (χ0v) is 15.6. The fraction of sp³-hybridized carbons (Fsp3) is 0.0909. The second-order valence-corrected chi connectivity index (χ2v) is 7.03. The topological polar surface area (TPSA) is 50.3 Å². The number of aromatic nitrogens is 2. The van der Waals surface area contributed by atoms with Gasteiger partial charge in [-0.15, -0.1) is 11.8 Å². The van der Waals surface area contributed by atoms with E-state index < -0.39 is 0 Å². The third kappa shape index (κ3) is 3.40. The van der Waals surface area contributed by atoms with E-state index in [1.807, 2.05) is 65.5 Å². The van der Waals surface area contributed by atoms with Crippen molar-refractivity contribution in [3.63, 3.8) is 0 Å². The highest BCUT2D eigenvalue weighted by atomic mass is 32.2. The lowest BCUT2D eigenvalue weighted by molar-refractivity contribution is 0.414. The van der Waals surface area contributed by atoms with Crippen molar-refractivity contribution in [1.82, 2.24) is 9.38 Å². The molecule has 4 aromatic rings. The van der Waals surface area contributed by atoms with Crippen molar-refractivity contribution < 1.29 is 4.74 Å². The second-order valence-electron chi connectivity index (χ2n) is 6.02. The van der Waals surface area contributed by atoms with Crippen molar-refractivity contribution >= 4 is 17.3 Å². The molecular weight excluding hydrogens is 354 g/mol. The van der Waals surface area contributed by atoms with Crippen LogP contribution in [0.5, 0.6) is 5.75 Å². The molecule has 0 fully saturated rings. The number of hydrogen-bond acceptors (Lipinski definition) is 4. The van der Waals surface area contributed by atoms with Gasteiger partial charge in [0, 0.05) is 40.4 Å². The first-order valence-electron chi connectivity index (χ1n) is 8.50. The van der Waals surface area contributed by atoms with Gasteiger partial charge in [-0.25, -0.2) is 0 Å². The van der Waals surface area contributed by atoms with E-state index in [0.29, 0.717) is 5.69 Å². The highest BCUT2D eigenvalue weighted by Gasteiger charge is 2.12. The summed E-state index contributed by atoms with van der Waals surface area (Å²) in [6.07, 6.45) is 5.63. The monoisotopic (exact) mass is 371 g/mol. The van der Waals surface area contributed by atoms with Crippen LogP contribution in [0, 0.1) is 11.3 Å². The molecule has 4 rings (SSSR count). The van der Waals surface area contributed by atoms with E-state index in [0.717, 1.165) is 33.0 Å². The molecule has 0 aliphatic heterocycles. The summed E-state index contributed by atoms with van der Waals surface area (Å²) in [5.74, 6) is 1.72. The lowest BCUT2D eigenvalue weighted by atomic mass is 10.1. The van der Waals surface area contributed by atoms with Gasteiger partial charge in [0.15, 0.2) is 0 Å². The molecule has 0 aliphatic carbocycles. The fourth-order valence-corrected chi connectivity index (χ4v) is 4.04. The zero-order valence-electron chi connectivity index (χ0n) is 14.8. The molecule has 132 valence electrons. The van der Waals surface area contributed by atoms with E-state index in [1.165, 1.54) is 5.56 Å². The molecule has 0 radical (unpaired) electrons. The minimum absolute atomic E-state index is 0.620. The molecule has 0 bridgehead atoms. The molecule has 0 atom stereocenters. The molecule has 0 N–H and O–H groups in total. The number of hydrogen-bond donors (Lipinski definition) is 0. The van der Waals surface area contributed by atoms with Crippen LogP contribution in [0.25, 0.3) is 16.6 Å². The molecule has 3 heterocycles. The van der Waals surface area contributed by atoms with Gasteiger partial charge in [-0.2, -0.15) is 5.26 Å². The Bertz CT molecular complexity index is 1130. The minimum atomic E-state index is 0.620. The average molecular weight is 371 g/mol. The third-order valence-corrected chi connectivity index (χ3v) is 5.58. The number of pyridine rings is 2. The lowest BCUT2D eigenvalue weighted by Gasteiger charge is -2.11. The standard InChI is InChI=1S/C22H17N3OS/c1-26-18-7-4-16(5-8-18)15-27-22-10-11-24-14-20(22)19-9-6-17(13-23)25-12-2-3-21(19)25/h2-12,14H,15H2,1H3. The Labute approximate surface area is 162 Å². The van der Waals surface area contributed by atoms with Crippen LogP contribution in [0.15, 0.2) is 78.1 Å². The number of nitriles is 1. The smallest absolute Gasteiger partial charge is 0.124 e. The van der Waals surface area contributed by atoms with E-state index in [2.05, 4.69) is 23.2 Å². The van der Waals surface area contributed by atoms with E-state index in [-0.39, 0.29) is 0 Å². The quantitative estimate of drug-likeness (QED) is 0.454. The number of rotatable bonds is 5. The molecule has 0 spiro atoms. The van der Waals surface area contributed by atoms with Crippen molar-refractivity contribution in [3.8, 4) is 22.9 Å². The van der Waals surface area contributed by atoms with Crippen molar-refractivity contribution in [2.45, 2.75) is 10.6 Å². The fourth-order valence-electron chi connectivity index (χ4n) is 3.05. The van der Waals surface area contributed by atoms with Crippen molar-refractivity contribution in [2.24, 2.45) is 0 Å². The first-order valence-corrected chi connectivity index (χ1v) is 9.49. The van der Waals surface area contributed by atoms with Gasteiger partial charge in [0.2, 0.25) is 0 Å². The Morgan fingerprint density at radius 3 is 2.70 bits per heavy atom. The van der Waals surface area contributed by atoms with E-state index in [4.69, 9.17) is 4.74 Å². The Morgan fingerprint density at radius 1 is 1.07 bits per heavy atom. The molecule has 1 aromatic carbocycles. The number of methoxy groups -OCH3 is 1. The van der Waals surface area contributed by atoms with Crippen LogP contribution in [0.2, 0.25) is 0 Å². The molecule has 0 amide bonds. The summed E-state index contributed by atoms with van der Waals surface area (Å²) in [4.78, 5) is 5.49. The lowest BCUT2D eigenvalue weighted by Crippen LogP contribution is -1.94. The zero-order chi connectivity index (χ0) is 18.6. The molecule has 0 unspecified atom stereocenters. The maximum absolute atomic E-state index is 9.32. The van der Waals surface area contributed by atoms with E-state index in [1.54, 1.807) is 18.9 Å². The molecule has 0 saturated heterocycles. The van der Waals surface area contributed by atoms with E-state index >= 15 is 0 Å². The predicted molar refractivity (Wildman–Crippen MR) is 108 cm³/mol. The van der Waals surface area contributed by atoms with Crippen molar-refractivity contribution in [2.75, 3.05) is 7.11 Å². The SMILES string of the molecule is COc1ccc(CSc2ccncc2-c2ccc(C#N)n3cccc23)cc1. The van der Waals surface area contributed by atoms with Gasteiger partial charge < -0.3 is 9.14 Å². The van der Waals surface area contributed by atoms with Crippen molar-refractivity contribution in [1.29, 1.82) is 5.26 Å². The number of fused-ring (bicyclic) bond motifs is 1. The van der Waals surface area contributed by atoms with Crippen LogP contribution in [0.1, 0.15) is 11.3 Å². The highest BCUT2D eigenvalue weighted by Crippen LogP contribution is 2.35. The maximum atomic E-state index is 9.32. The van der Waals surface area contributed by atoms with Crippen molar-refractivity contribution in [3.05, 3.63) is 84.4 Å². The van der Waals surface area contributed by atoms with Gasteiger partial charge in [-0.1, -0.05) is 12.1 Å². The summed E-state index contributed by atoms with van der Waals surface area (Å²) in [7, 11) is 1.67. The Balaban J connectivity index is 1.67. The normalized spacial score (nSPS) is 10.7. The molecule has 4 nitrogen and oxygen atoms in total. The van der Waals surface area contributed by atoms with Crippen LogP contribution in [0.3, 0.4) is 0 Å². The second kappa shape index (κ2) is 7.56. The van der Waals surface area contributed by atoms with E-state index in [9.17, 15) is 5.26 Å². The average Bonchev–Trinajstić information content (AvgIpc) is 3.22. The Kier molecular flexibility index (Phi) is 4.82. The van der Waals surface area contributed by atoms with Gasteiger partial charge in [-0.3, -0.25) is 4.98 Å². The Hall–Kier alpha value is -3.23. The van der Waals surface area contributed by atoms with Gasteiger partial charge in [0.05, 0.1) is 12.6 Å². The summed E-state index contributed by atoms with van der Waals surface area (Å²) < 4.78 is 7.14. The van der Waals surface area contributed by atoms with Crippen LogP contribution >= 0.6 is 11.8 Å². The molecule has 0 saturated carbocycles. The first-order chi connectivity index (χ1) is 13.3. The van der Waals surface area contributed by atoms with Gasteiger partial charge >= 0.3 is 0 Å². The summed E-state index contributed by atoms with van der Waals surface area (Å²) in [6.45, 7) is 0. The number of nitrogens with zero attached hydrogens (tertiary/aromatic N) is 3. The number of thioether (sulfide) groups is 1. The summed E-state index contributed by atoms with van der Waals surface area (Å²) >= 11 is 1.77. The summed E-state index contributed by atoms with van der Waals surface area (Å²) in [5.41, 5.74) is 5.01. The van der Waals surface area contributed by atoms with Gasteiger partial charge in [0.1, 0.15) is 17.5 Å². The number of benzene rings is 1.